The Hall–Kier alpha value is -3.76. The molecular weight excluding hydrogens is 626 g/mol. The summed E-state index contributed by atoms with van der Waals surface area (Å²) >= 11 is 4.06. The fourth-order valence-corrected chi connectivity index (χ4v) is 4.97. The molecule has 16 nitrogen and oxygen atoms in total. The van der Waals surface area contributed by atoms with Crippen LogP contribution in [0.5, 0.6) is 0 Å². The smallest absolute Gasteiger partial charge is 0.315 e. The SMILES string of the molecule is CNC(=O)NC[C@H](CCCN=C(N)N)CC(=O)CC[C@H](C)NC(=O)NC[C@H](CCCN=C(N)N)CC(=O)CC[C@H](C)NC(=O)CCS. The van der Waals surface area contributed by atoms with Crippen molar-refractivity contribution in [3.05, 3.63) is 0 Å². The second-order valence-corrected chi connectivity index (χ2v) is 12.3. The standard InChI is InChI=1S/C30H59N11O5S/c1-20(40-26(44)12-15-47)8-10-24(42)17-23(7-5-14-37-28(33)34)19-39-30(46)41-21(2)9-11-25(43)16-22(18-38-29(45)35-3)6-4-13-36-27(31)32/h20-23,47H,4-19H2,1-3H3,(H,40,44)(H4,31,32,36)(H4,33,34,37)(H2,35,38,45)(H2,39,41,46)/t20-,21-,22+,23+/m0/s1. The molecule has 0 heterocycles. The molecule has 17 heteroatoms. The highest BCUT2D eigenvalue weighted by molar-refractivity contribution is 7.80. The molecule has 0 unspecified atom stereocenters. The predicted octanol–water partition coefficient (Wildman–Crippen LogP) is 0.246. The molecule has 47 heavy (non-hydrogen) atoms. The maximum absolute atomic E-state index is 12.8. The number of nitrogens with zero attached hydrogens (tertiary/aromatic N) is 2. The molecule has 0 aromatic rings. The third-order valence-corrected chi connectivity index (χ3v) is 7.55. The number of hydrogen-bond acceptors (Lipinski definition) is 8. The number of carbonyl (C=O) groups is 5. The van der Waals surface area contributed by atoms with E-state index in [1.807, 2.05) is 13.8 Å². The molecule has 5 amide bonds. The van der Waals surface area contributed by atoms with E-state index in [0.717, 1.165) is 0 Å². The van der Waals surface area contributed by atoms with E-state index in [4.69, 9.17) is 22.9 Å². The molecule has 0 aliphatic heterocycles. The van der Waals surface area contributed by atoms with Crippen molar-refractivity contribution < 1.29 is 24.0 Å². The molecule has 0 spiro atoms. The summed E-state index contributed by atoms with van der Waals surface area (Å²) in [5, 5.41) is 13.8. The Kier molecular flexibility index (Phi) is 24.2. The van der Waals surface area contributed by atoms with Crippen LogP contribution in [0, 0.1) is 11.8 Å². The first-order valence-corrected chi connectivity index (χ1v) is 16.9. The normalized spacial score (nSPS) is 13.2. The van der Waals surface area contributed by atoms with Gasteiger partial charge < -0.3 is 49.5 Å². The number of nitrogens with two attached hydrogens (primary N) is 4. The van der Waals surface area contributed by atoms with Gasteiger partial charge in [0.05, 0.1) is 0 Å². The van der Waals surface area contributed by atoms with Gasteiger partial charge >= 0.3 is 12.1 Å². The number of Topliss-reactive ketones (excluding diaryl/α,β-unsaturated/α-hetero) is 2. The van der Waals surface area contributed by atoms with Gasteiger partial charge in [0.2, 0.25) is 5.91 Å². The first-order chi connectivity index (χ1) is 22.2. The summed E-state index contributed by atoms with van der Waals surface area (Å²) in [5.74, 6) is 0.234. The fraction of sp³-hybridized carbons (Fsp3) is 0.767. The zero-order chi connectivity index (χ0) is 35.6. The van der Waals surface area contributed by atoms with Gasteiger partial charge in [0.15, 0.2) is 11.9 Å². The summed E-state index contributed by atoms with van der Waals surface area (Å²) in [4.78, 5) is 69.5. The molecule has 0 aliphatic rings. The summed E-state index contributed by atoms with van der Waals surface area (Å²) in [7, 11) is 1.52. The Balaban J connectivity index is 4.84. The quantitative estimate of drug-likeness (QED) is 0.0258. The molecule has 0 bridgehead atoms. The number of rotatable bonds is 26. The Morgan fingerprint density at radius 2 is 1.11 bits per heavy atom. The molecule has 4 atom stereocenters. The predicted molar refractivity (Wildman–Crippen MR) is 189 cm³/mol. The van der Waals surface area contributed by atoms with Crippen molar-refractivity contribution in [2.24, 2.45) is 44.8 Å². The number of aliphatic imine (C=N–C) groups is 2. The number of nitrogens with one attached hydrogen (secondary N) is 5. The number of amides is 5. The van der Waals surface area contributed by atoms with Crippen molar-refractivity contribution >= 4 is 54.1 Å². The maximum atomic E-state index is 12.8. The van der Waals surface area contributed by atoms with Crippen LogP contribution in [-0.2, 0) is 14.4 Å². The third-order valence-electron chi connectivity index (χ3n) is 7.33. The third kappa shape index (κ3) is 26.1. The van der Waals surface area contributed by atoms with Crippen LogP contribution in [0.25, 0.3) is 0 Å². The molecular formula is C30H59N11O5S. The van der Waals surface area contributed by atoms with Crippen LogP contribution in [-0.4, -0.2) is 92.5 Å². The minimum Gasteiger partial charge on any atom is -0.370 e. The largest absolute Gasteiger partial charge is 0.370 e. The molecule has 270 valence electrons. The number of thiol groups is 1. The summed E-state index contributed by atoms with van der Waals surface area (Å²) in [6, 6.07) is -1.12. The number of urea groups is 2. The van der Waals surface area contributed by atoms with Crippen molar-refractivity contribution in [1.82, 2.24) is 26.6 Å². The Morgan fingerprint density at radius 1 is 0.660 bits per heavy atom. The van der Waals surface area contributed by atoms with Crippen LogP contribution >= 0.6 is 12.6 Å². The van der Waals surface area contributed by atoms with E-state index in [-0.39, 0.29) is 91.2 Å². The lowest BCUT2D eigenvalue weighted by molar-refractivity contribution is -0.122. The van der Waals surface area contributed by atoms with Crippen molar-refractivity contribution in [1.29, 1.82) is 0 Å². The first kappa shape index (κ1) is 43.2. The Labute approximate surface area is 284 Å². The molecule has 0 aliphatic carbocycles. The second kappa shape index (κ2) is 26.3. The van der Waals surface area contributed by atoms with Crippen LogP contribution < -0.4 is 49.5 Å². The Bertz CT molecular complexity index is 1020. The van der Waals surface area contributed by atoms with Crippen LogP contribution in [0.4, 0.5) is 9.59 Å². The van der Waals surface area contributed by atoms with Gasteiger partial charge in [-0.15, -0.1) is 0 Å². The molecule has 0 rings (SSSR count). The van der Waals surface area contributed by atoms with Gasteiger partial charge in [0.1, 0.15) is 11.6 Å². The highest BCUT2D eigenvalue weighted by Gasteiger charge is 2.19. The van der Waals surface area contributed by atoms with E-state index in [1.165, 1.54) is 7.05 Å². The maximum Gasteiger partial charge on any atom is 0.315 e. The molecule has 0 radical (unpaired) electrons. The summed E-state index contributed by atoms with van der Waals surface area (Å²) in [6.07, 6.45) is 5.00. The van der Waals surface area contributed by atoms with E-state index in [1.54, 1.807) is 0 Å². The zero-order valence-electron chi connectivity index (χ0n) is 28.3. The highest BCUT2D eigenvalue weighted by atomic mass is 32.1. The van der Waals surface area contributed by atoms with E-state index in [0.29, 0.717) is 76.8 Å². The van der Waals surface area contributed by atoms with Gasteiger partial charge in [-0.3, -0.25) is 24.4 Å². The van der Waals surface area contributed by atoms with Crippen molar-refractivity contribution in [2.75, 3.05) is 39.0 Å². The van der Waals surface area contributed by atoms with E-state index >= 15 is 0 Å². The number of hydrogen-bond donors (Lipinski definition) is 10. The van der Waals surface area contributed by atoms with Gasteiger partial charge in [0.25, 0.3) is 0 Å². The topological polar surface area (TPSA) is 274 Å². The number of ketones is 2. The molecule has 0 saturated carbocycles. The second-order valence-electron chi connectivity index (χ2n) is 11.9. The molecule has 0 aromatic heterocycles. The lowest BCUT2D eigenvalue weighted by atomic mass is 9.94. The van der Waals surface area contributed by atoms with Crippen molar-refractivity contribution in [3.63, 3.8) is 0 Å². The van der Waals surface area contributed by atoms with Crippen LogP contribution in [0.1, 0.15) is 84.5 Å². The molecule has 0 fully saturated rings. The van der Waals surface area contributed by atoms with Crippen LogP contribution in [0.15, 0.2) is 9.98 Å². The number of carbonyl (C=O) groups excluding carboxylic acids is 5. The lowest BCUT2D eigenvalue weighted by Gasteiger charge is -2.20. The van der Waals surface area contributed by atoms with E-state index < -0.39 is 0 Å². The van der Waals surface area contributed by atoms with E-state index in [9.17, 15) is 24.0 Å². The van der Waals surface area contributed by atoms with Crippen molar-refractivity contribution in [2.45, 2.75) is 96.6 Å². The monoisotopic (exact) mass is 685 g/mol. The minimum atomic E-state index is -0.389. The van der Waals surface area contributed by atoms with Gasteiger partial charge in [-0.1, -0.05) is 0 Å². The summed E-state index contributed by atoms with van der Waals surface area (Å²) < 4.78 is 0. The van der Waals surface area contributed by atoms with Crippen LogP contribution in [0.2, 0.25) is 0 Å². The summed E-state index contributed by atoms with van der Waals surface area (Å²) in [6.45, 7) is 5.14. The molecule has 13 N–H and O–H groups in total. The fourth-order valence-electron chi connectivity index (χ4n) is 4.76. The highest BCUT2D eigenvalue weighted by Crippen LogP contribution is 2.15. The summed E-state index contributed by atoms with van der Waals surface area (Å²) in [5.41, 5.74) is 21.6. The van der Waals surface area contributed by atoms with Gasteiger partial charge in [-0.05, 0) is 70.0 Å². The minimum absolute atomic E-state index is 0.00419. The van der Waals surface area contributed by atoms with Crippen LogP contribution in [0.3, 0.4) is 0 Å². The average molecular weight is 686 g/mol. The average Bonchev–Trinajstić information content (AvgIpc) is 3.00. The van der Waals surface area contributed by atoms with Gasteiger partial charge in [-0.25, -0.2) is 9.59 Å². The first-order valence-electron chi connectivity index (χ1n) is 16.3. The molecule has 0 aromatic carbocycles. The number of guanidine groups is 2. The van der Waals surface area contributed by atoms with Gasteiger partial charge in [0, 0.05) is 77.4 Å². The van der Waals surface area contributed by atoms with E-state index in [2.05, 4.69) is 49.2 Å². The Morgan fingerprint density at radius 3 is 1.53 bits per heavy atom. The lowest BCUT2D eigenvalue weighted by Crippen LogP contribution is -2.43. The van der Waals surface area contributed by atoms with Gasteiger partial charge in [-0.2, -0.15) is 12.6 Å². The molecule has 0 saturated heterocycles. The van der Waals surface area contributed by atoms with Crippen molar-refractivity contribution in [3.8, 4) is 0 Å². The zero-order valence-corrected chi connectivity index (χ0v) is 29.2.